The predicted molar refractivity (Wildman–Crippen MR) is 81.4 cm³/mol. The van der Waals surface area contributed by atoms with Crippen LogP contribution in [0, 0.1) is 0 Å². The van der Waals surface area contributed by atoms with Crippen LogP contribution in [0.4, 0.5) is 0 Å². The molecular formula is C17H17ClO2. The van der Waals surface area contributed by atoms with Crippen LogP contribution in [0.2, 0.25) is 5.02 Å². The molecule has 2 rings (SSSR count). The Bertz CT molecular complexity index is 579. The van der Waals surface area contributed by atoms with Crippen LogP contribution in [0.25, 0.3) is 0 Å². The summed E-state index contributed by atoms with van der Waals surface area (Å²) in [6.07, 6.45) is 0.223. The smallest absolute Gasteiger partial charge is 0.163 e. The topological polar surface area (TPSA) is 26.3 Å². The SMILES string of the molecule is CC(C)(c1ccccc1Cl)C(C=O)Oc1ccccc1. The summed E-state index contributed by atoms with van der Waals surface area (Å²) in [5.41, 5.74) is 0.380. The van der Waals surface area contributed by atoms with E-state index in [2.05, 4.69) is 0 Å². The van der Waals surface area contributed by atoms with Crippen molar-refractivity contribution in [3.8, 4) is 5.75 Å². The molecule has 20 heavy (non-hydrogen) atoms. The van der Waals surface area contributed by atoms with Crippen molar-refractivity contribution in [1.29, 1.82) is 0 Å². The molecule has 0 heterocycles. The van der Waals surface area contributed by atoms with Crippen LogP contribution in [0.5, 0.6) is 5.75 Å². The van der Waals surface area contributed by atoms with Gasteiger partial charge < -0.3 is 4.74 Å². The lowest BCUT2D eigenvalue weighted by Crippen LogP contribution is -2.39. The van der Waals surface area contributed by atoms with Crippen molar-refractivity contribution in [3.63, 3.8) is 0 Å². The van der Waals surface area contributed by atoms with Gasteiger partial charge in [0, 0.05) is 10.4 Å². The van der Waals surface area contributed by atoms with Gasteiger partial charge in [0.05, 0.1) is 0 Å². The lowest BCUT2D eigenvalue weighted by molar-refractivity contribution is -0.116. The maximum absolute atomic E-state index is 11.5. The second-order valence-electron chi connectivity index (χ2n) is 5.19. The highest BCUT2D eigenvalue weighted by Crippen LogP contribution is 2.33. The maximum atomic E-state index is 11.5. The molecule has 0 radical (unpaired) electrons. The Morgan fingerprint density at radius 3 is 2.25 bits per heavy atom. The molecule has 0 aliphatic rings. The fourth-order valence-electron chi connectivity index (χ4n) is 2.13. The highest BCUT2D eigenvalue weighted by molar-refractivity contribution is 6.31. The monoisotopic (exact) mass is 288 g/mol. The molecule has 1 unspecified atom stereocenters. The fraction of sp³-hybridized carbons (Fsp3) is 0.235. The van der Waals surface area contributed by atoms with Gasteiger partial charge in [-0.1, -0.05) is 61.8 Å². The summed E-state index contributed by atoms with van der Waals surface area (Å²) in [6.45, 7) is 3.91. The maximum Gasteiger partial charge on any atom is 0.163 e. The lowest BCUT2D eigenvalue weighted by atomic mass is 9.79. The highest BCUT2D eigenvalue weighted by Gasteiger charge is 2.34. The van der Waals surface area contributed by atoms with E-state index in [-0.39, 0.29) is 0 Å². The average Bonchev–Trinajstić information content (AvgIpc) is 2.46. The lowest BCUT2D eigenvalue weighted by Gasteiger charge is -2.32. The Labute approximate surface area is 124 Å². The van der Waals surface area contributed by atoms with Crippen LogP contribution in [-0.2, 0) is 10.2 Å². The minimum atomic E-state index is -0.607. The number of halogens is 1. The quantitative estimate of drug-likeness (QED) is 0.768. The number of hydrogen-bond donors (Lipinski definition) is 0. The molecule has 0 fully saturated rings. The number of hydrogen-bond acceptors (Lipinski definition) is 2. The number of ether oxygens (including phenoxy) is 1. The first kappa shape index (κ1) is 14.6. The van der Waals surface area contributed by atoms with Crippen LogP contribution >= 0.6 is 11.6 Å². The Morgan fingerprint density at radius 2 is 1.65 bits per heavy atom. The van der Waals surface area contributed by atoms with Crippen LogP contribution in [-0.4, -0.2) is 12.4 Å². The van der Waals surface area contributed by atoms with Gasteiger partial charge in [0.15, 0.2) is 12.4 Å². The Balaban J connectivity index is 2.30. The largest absolute Gasteiger partial charge is 0.482 e. The third kappa shape index (κ3) is 3.02. The van der Waals surface area contributed by atoms with Crippen molar-refractivity contribution in [2.24, 2.45) is 0 Å². The normalized spacial score (nSPS) is 12.8. The van der Waals surface area contributed by atoms with Gasteiger partial charge in [-0.2, -0.15) is 0 Å². The standard InChI is InChI=1S/C17H17ClO2/c1-17(2,14-10-6-7-11-15(14)18)16(12-19)20-13-8-4-3-5-9-13/h3-12,16H,1-2H3. The number of para-hydroxylation sites is 1. The minimum Gasteiger partial charge on any atom is -0.482 e. The van der Waals surface area contributed by atoms with Gasteiger partial charge in [-0.3, -0.25) is 4.79 Å². The van der Waals surface area contributed by atoms with Gasteiger partial charge in [-0.15, -0.1) is 0 Å². The van der Waals surface area contributed by atoms with Gasteiger partial charge in [0.1, 0.15) is 5.75 Å². The number of carbonyl (C=O) groups is 1. The van der Waals surface area contributed by atoms with E-state index in [0.717, 1.165) is 11.8 Å². The number of rotatable bonds is 5. The highest BCUT2D eigenvalue weighted by atomic mass is 35.5. The molecule has 0 spiro atoms. The van der Waals surface area contributed by atoms with E-state index in [1.54, 1.807) is 0 Å². The Morgan fingerprint density at radius 1 is 1.05 bits per heavy atom. The summed E-state index contributed by atoms with van der Waals surface area (Å²) in [6, 6.07) is 16.8. The van der Waals surface area contributed by atoms with Gasteiger partial charge in [-0.25, -0.2) is 0 Å². The van der Waals surface area contributed by atoms with Crippen LogP contribution in [0.15, 0.2) is 54.6 Å². The number of aldehydes is 1. The molecule has 0 aliphatic carbocycles. The summed E-state index contributed by atoms with van der Waals surface area (Å²) in [4.78, 5) is 11.5. The molecule has 0 bridgehead atoms. The first-order chi connectivity index (χ1) is 9.55. The molecule has 0 saturated carbocycles. The molecular weight excluding hydrogens is 272 g/mol. The Kier molecular flexibility index (Phi) is 4.46. The van der Waals surface area contributed by atoms with Crippen LogP contribution < -0.4 is 4.74 Å². The van der Waals surface area contributed by atoms with Gasteiger partial charge in [0.25, 0.3) is 0 Å². The van der Waals surface area contributed by atoms with E-state index >= 15 is 0 Å². The van der Waals surface area contributed by atoms with E-state index in [9.17, 15) is 4.79 Å². The second kappa shape index (κ2) is 6.10. The van der Waals surface area contributed by atoms with E-state index in [0.29, 0.717) is 10.8 Å². The van der Waals surface area contributed by atoms with Crippen molar-refractivity contribution in [2.45, 2.75) is 25.4 Å². The van der Waals surface area contributed by atoms with Crippen molar-refractivity contribution < 1.29 is 9.53 Å². The first-order valence-corrected chi connectivity index (χ1v) is 6.85. The molecule has 2 aromatic carbocycles. The minimum absolute atomic E-state index is 0.518. The average molecular weight is 289 g/mol. The van der Waals surface area contributed by atoms with Crippen molar-refractivity contribution >= 4 is 17.9 Å². The van der Waals surface area contributed by atoms with Crippen molar-refractivity contribution in [2.75, 3.05) is 0 Å². The fourth-order valence-corrected chi connectivity index (χ4v) is 2.51. The Hall–Kier alpha value is -1.80. The van der Waals surface area contributed by atoms with E-state index in [1.165, 1.54) is 0 Å². The van der Waals surface area contributed by atoms with Gasteiger partial charge >= 0.3 is 0 Å². The van der Waals surface area contributed by atoms with E-state index in [4.69, 9.17) is 16.3 Å². The van der Waals surface area contributed by atoms with Crippen molar-refractivity contribution in [1.82, 2.24) is 0 Å². The summed E-state index contributed by atoms with van der Waals surface area (Å²) in [5, 5.41) is 0.640. The molecule has 0 saturated heterocycles. The zero-order chi connectivity index (χ0) is 14.6. The molecule has 0 amide bonds. The summed E-state index contributed by atoms with van der Waals surface area (Å²) < 4.78 is 5.81. The molecule has 1 atom stereocenters. The first-order valence-electron chi connectivity index (χ1n) is 6.47. The van der Waals surface area contributed by atoms with E-state index in [1.807, 2.05) is 68.4 Å². The molecule has 0 aromatic heterocycles. The van der Waals surface area contributed by atoms with Gasteiger partial charge in [0.2, 0.25) is 0 Å². The zero-order valence-electron chi connectivity index (χ0n) is 11.5. The molecule has 3 heteroatoms. The molecule has 2 nitrogen and oxygen atoms in total. The van der Waals surface area contributed by atoms with Crippen LogP contribution in [0.1, 0.15) is 19.4 Å². The summed E-state index contributed by atoms with van der Waals surface area (Å²) >= 11 is 6.24. The second-order valence-corrected chi connectivity index (χ2v) is 5.60. The summed E-state index contributed by atoms with van der Waals surface area (Å²) in [7, 11) is 0. The van der Waals surface area contributed by atoms with E-state index < -0.39 is 11.5 Å². The molecule has 104 valence electrons. The van der Waals surface area contributed by atoms with Crippen molar-refractivity contribution in [3.05, 3.63) is 65.2 Å². The van der Waals surface area contributed by atoms with Gasteiger partial charge in [-0.05, 0) is 23.8 Å². The number of carbonyl (C=O) groups excluding carboxylic acids is 1. The third-order valence-electron chi connectivity index (χ3n) is 3.41. The summed E-state index contributed by atoms with van der Waals surface area (Å²) in [5.74, 6) is 0.671. The molecule has 2 aromatic rings. The van der Waals surface area contributed by atoms with Crippen LogP contribution in [0.3, 0.4) is 0 Å². The molecule has 0 aliphatic heterocycles. The predicted octanol–water partition coefficient (Wildman–Crippen LogP) is 4.26. The number of benzene rings is 2. The zero-order valence-corrected chi connectivity index (χ0v) is 12.3. The third-order valence-corrected chi connectivity index (χ3v) is 3.74. The molecule has 0 N–H and O–H groups in total.